The Kier molecular flexibility index (Phi) is 33.0. The summed E-state index contributed by atoms with van der Waals surface area (Å²) < 4.78 is 172. The van der Waals surface area contributed by atoms with E-state index < -0.39 is 143 Å². The fourth-order valence-electron chi connectivity index (χ4n) is 13.8. The summed E-state index contributed by atoms with van der Waals surface area (Å²) in [5.74, 6) is -1.72. The van der Waals surface area contributed by atoms with E-state index in [1.54, 1.807) is 33.8 Å². The number of sulfonamides is 1. The van der Waals surface area contributed by atoms with Crippen LogP contribution in [0.4, 0.5) is 9.59 Å². The van der Waals surface area contributed by atoms with Crippen molar-refractivity contribution in [3.8, 4) is 0 Å². The van der Waals surface area contributed by atoms with E-state index in [9.17, 15) is 69.7 Å². The number of aliphatic carboxylic acids is 1. The van der Waals surface area contributed by atoms with Gasteiger partial charge in [0.15, 0.2) is 66.9 Å². The fraction of sp³-hybridized carbons (Fsp3) is 0.459. The Hall–Kier alpha value is -5.46. The summed E-state index contributed by atoms with van der Waals surface area (Å²) >= 11 is 18.2. The van der Waals surface area contributed by atoms with E-state index >= 15 is 0 Å². The number of benzene rings is 4. The molecule has 0 aliphatic carbocycles. The highest BCUT2D eigenvalue weighted by Gasteiger charge is 2.54. The number of rotatable bonds is 21. The number of carbonyl (C=O) groups excluding carboxylic acids is 3. The average molecular weight is 1820 g/mol. The van der Waals surface area contributed by atoms with E-state index in [-0.39, 0.29) is 66.1 Å². The first-order valence-electron chi connectivity index (χ1n) is 35.6. The lowest BCUT2D eigenvalue weighted by Gasteiger charge is -2.43. The number of carboxylic acid groups (broad SMARTS) is 1. The molecule has 0 radical (unpaired) electrons. The van der Waals surface area contributed by atoms with E-state index in [0.717, 1.165) is 61.7 Å². The summed E-state index contributed by atoms with van der Waals surface area (Å²) in [6, 6.07) is 43.0. The Bertz CT molecular complexity index is 5050. The Morgan fingerprint density at radius 3 is 1.13 bits per heavy atom. The molecule has 3 aliphatic rings. The van der Waals surface area contributed by atoms with Gasteiger partial charge in [0.25, 0.3) is 0 Å². The predicted molar refractivity (Wildman–Crippen MR) is 449 cm³/mol. The minimum absolute atomic E-state index is 0.00158. The average Bonchev–Trinajstić information content (AvgIpc) is 0.794. The van der Waals surface area contributed by atoms with Gasteiger partial charge < -0.3 is 34.9 Å². The molecule has 112 heavy (non-hydrogen) atoms. The van der Waals surface area contributed by atoms with Crippen molar-refractivity contribution in [1.82, 2.24) is 15.5 Å². The number of primary sulfonamides is 1. The van der Waals surface area contributed by atoms with Crippen molar-refractivity contribution in [1.29, 1.82) is 0 Å². The Morgan fingerprint density at radius 2 is 0.866 bits per heavy atom. The summed E-state index contributed by atoms with van der Waals surface area (Å²) in [6.07, 6.45) is 0.322. The van der Waals surface area contributed by atoms with Crippen LogP contribution < -0.4 is 36.5 Å². The highest BCUT2D eigenvalue weighted by atomic mass is 35.5. The zero-order valence-corrected chi connectivity index (χ0v) is 76.4. The molecular formula is C74H99Cl3N4O20S9Si2. The molecule has 4 aromatic carbocycles. The monoisotopic (exact) mass is 1810 g/mol. The lowest BCUT2D eigenvalue weighted by atomic mass is 10.0. The summed E-state index contributed by atoms with van der Waals surface area (Å²) in [5, 5.41) is 20.8. The zero-order valence-electron chi connectivity index (χ0n) is 64.8. The van der Waals surface area contributed by atoms with Crippen LogP contribution in [0.1, 0.15) is 158 Å². The molecule has 10 rings (SSSR count). The molecule has 618 valence electrons. The van der Waals surface area contributed by atoms with Crippen LogP contribution >= 0.6 is 68.8 Å². The van der Waals surface area contributed by atoms with Gasteiger partial charge in [0.05, 0.1) is 32.5 Å². The molecule has 0 spiro atoms. The number of carbonyl (C=O) groups is 4. The zero-order chi connectivity index (χ0) is 84.3. The van der Waals surface area contributed by atoms with Crippen LogP contribution in [-0.4, -0.2) is 164 Å². The van der Waals surface area contributed by atoms with Gasteiger partial charge in [-0.1, -0.05) is 221 Å². The molecule has 38 heteroatoms. The van der Waals surface area contributed by atoms with Gasteiger partial charge in [-0.05, 0) is 108 Å². The number of esters is 1. The minimum Gasteiger partial charge on any atom is -0.479 e. The van der Waals surface area contributed by atoms with Crippen LogP contribution in [0.2, 0.25) is 10.1 Å². The van der Waals surface area contributed by atoms with E-state index in [2.05, 4.69) is 61.6 Å². The maximum absolute atomic E-state index is 14.5. The van der Waals surface area contributed by atoms with Crippen molar-refractivity contribution in [2.24, 2.45) is 5.14 Å². The SMILES string of the molecule is CC(=O)OCC(=O)O.CC(Cl)OC(=O)Cl.CCN(C(=O)OC(C)Cl)[C@H]1C[C@H](C)S(=O)(=O)c2sc(S(=O)(=O)C[Si](c3ccccc3)(c3ccccc3)C(C)(C)C)cc21.CCN[C@H]1C[C@H](C)S(=O)(=O)c2sc(S(=O)(=O)C[Si](c3ccccc3)(c3ccccc3)C(C)(C)C)cc21.CCN[C@H]1C[C@H](C)S(=O)(=O)c2sc(S(N)(=O)=O)cc21. The molecule has 0 saturated carbocycles. The molecular weight excluding hydrogens is 1720 g/mol. The number of nitrogens with one attached hydrogen (secondary N) is 2. The van der Waals surface area contributed by atoms with Gasteiger partial charge in [-0.15, -0.1) is 34.0 Å². The lowest BCUT2D eigenvalue weighted by Crippen LogP contribution is -2.68. The summed E-state index contributed by atoms with van der Waals surface area (Å²) in [6.45, 7) is 28.4. The number of ether oxygens (including phenoxy) is 3. The number of nitrogens with two attached hydrogens (primary N) is 1. The number of amides is 1. The first kappa shape index (κ1) is 95.4. The molecule has 0 fully saturated rings. The first-order valence-corrected chi connectivity index (χ1v) is 53.2. The highest BCUT2D eigenvalue weighted by Crippen LogP contribution is 2.49. The van der Waals surface area contributed by atoms with Crippen LogP contribution in [0.5, 0.6) is 0 Å². The maximum Gasteiger partial charge on any atom is 0.411 e. The van der Waals surface area contributed by atoms with Crippen molar-refractivity contribution in [3.05, 3.63) is 156 Å². The molecule has 3 aliphatic heterocycles. The third kappa shape index (κ3) is 22.4. The van der Waals surface area contributed by atoms with Gasteiger partial charge in [0.2, 0.25) is 10.0 Å². The number of thiophene rings is 3. The summed E-state index contributed by atoms with van der Waals surface area (Å²) in [5.41, 5.74) is -0.941. The molecule has 8 atom stereocenters. The van der Waals surface area contributed by atoms with E-state index in [1.807, 2.05) is 135 Å². The number of alkyl halides is 2. The largest absolute Gasteiger partial charge is 0.479 e. The van der Waals surface area contributed by atoms with Crippen molar-refractivity contribution >= 4 is 188 Å². The predicted octanol–water partition coefficient (Wildman–Crippen LogP) is 12.3. The Labute approximate surface area is 688 Å². The number of sulfone groups is 5. The van der Waals surface area contributed by atoms with E-state index in [0.29, 0.717) is 42.6 Å². The van der Waals surface area contributed by atoms with Gasteiger partial charge in [-0.25, -0.2) is 70.0 Å². The molecule has 5 N–H and O–H groups in total. The normalized spacial score (nSPS) is 19.6. The Morgan fingerprint density at radius 1 is 0.554 bits per heavy atom. The number of hydrogen-bond acceptors (Lipinski definition) is 24. The molecule has 6 heterocycles. The number of carboxylic acids is 1. The maximum atomic E-state index is 14.5. The quantitative estimate of drug-likeness (QED) is 0.0171. The van der Waals surface area contributed by atoms with Crippen LogP contribution in [0.3, 0.4) is 0 Å². The third-order valence-electron chi connectivity index (χ3n) is 19.4. The molecule has 2 unspecified atom stereocenters. The van der Waals surface area contributed by atoms with Gasteiger partial charge in [0, 0.05) is 48.3 Å². The molecule has 24 nitrogen and oxygen atoms in total. The first-order chi connectivity index (χ1) is 51.8. The van der Waals surface area contributed by atoms with Crippen molar-refractivity contribution in [3.63, 3.8) is 0 Å². The summed E-state index contributed by atoms with van der Waals surface area (Å²) in [7, 11) is -28.4. The van der Waals surface area contributed by atoms with Gasteiger partial charge in [-0.3, -0.25) is 4.79 Å². The topological polar surface area (TPSA) is 374 Å². The second-order valence-corrected chi connectivity index (χ2v) is 58.3. The number of nitrogens with zero attached hydrogens (tertiary/aromatic N) is 1. The van der Waals surface area contributed by atoms with Crippen molar-refractivity contribution in [2.45, 2.75) is 203 Å². The molecule has 0 saturated heterocycles. The highest BCUT2D eigenvalue weighted by molar-refractivity contribution is 7.98. The summed E-state index contributed by atoms with van der Waals surface area (Å²) in [4.78, 5) is 43.6. The standard InChI is InChI=1S/C30H38ClNO6S3Si.C27H35NO4S3Si.C10H16N2O4S3.C4H6O4.C3H4Cl2O2/c1-7-32(29(33)38-22(3)31)26-18-21(2)41(36,37)28-25(26)19-27(39-28)40(34,35)20-42(30(4,5)6,23-14-10-8-11-15-23)24-16-12-9-13-17-24;1-6-28-24-17-20(2)35(31,32)26-23(24)18-25(33-26)34(29,30)19-36(27(3,4)5,21-13-9-7-10-14-21)22-15-11-8-12-16-22;1-3-12-8-4-6(2)18(13,14)10-7(8)5-9(17-10)19(11,15)16;1-3(5)8-2-4(6)7;1-2(4)7-3(5)6/h8-17,19,21-22,26H,7,18,20H2,1-6H3;7-16,18,20,24,28H,6,17,19H2,1-5H3;5-6,8,12H,3-4H2,1-2H3,(H2,11,15,16);2H2,1H3,(H,6,7);2H,1H3/t21-,22?,26-;20-,24-;6-,8-;;/m000../s1. The third-order valence-corrected chi connectivity index (χ3v) is 52.7. The van der Waals surface area contributed by atoms with Crippen LogP contribution in [0, 0.1) is 0 Å². The van der Waals surface area contributed by atoms with Gasteiger partial charge in [-0.2, -0.15) is 0 Å². The molecule has 0 bridgehead atoms. The fourth-order valence-corrected chi connectivity index (χ4v) is 47.6. The van der Waals surface area contributed by atoms with Crippen molar-refractivity contribution in [2.75, 3.05) is 37.0 Å². The van der Waals surface area contributed by atoms with Gasteiger partial charge in [0.1, 0.15) is 41.4 Å². The number of halogens is 3. The lowest BCUT2D eigenvalue weighted by molar-refractivity contribution is -0.153. The van der Waals surface area contributed by atoms with E-state index in [4.69, 9.17) is 49.8 Å². The van der Waals surface area contributed by atoms with Crippen molar-refractivity contribution < 1.29 is 89.0 Å². The Balaban J connectivity index is 0.000000250. The van der Waals surface area contributed by atoms with Gasteiger partial charge >= 0.3 is 23.5 Å². The number of fused-ring (bicyclic) bond motifs is 3. The molecule has 7 aromatic rings. The van der Waals surface area contributed by atoms with E-state index in [1.165, 1.54) is 30.9 Å². The number of hydrogen-bond donors (Lipinski definition) is 4. The van der Waals surface area contributed by atoms with Crippen LogP contribution in [0.25, 0.3) is 0 Å². The second kappa shape index (κ2) is 38.7. The minimum atomic E-state index is -3.99. The van der Waals surface area contributed by atoms with Crippen LogP contribution in [-0.2, 0) is 83.0 Å². The second-order valence-electron chi connectivity index (χ2n) is 29.1. The molecule has 1 amide bonds. The smallest absolute Gasteiger partial charge is 0.411 e. The molecule has 3 aromatic heterocycles. The van der Waals surface area contributed by atoms with Crippen LogP contribution in [0.15, 0.2) is 165 Å².